The second-order valence-electron chi connectivity index (χ2n) is 4.01. The molecule has 0 atom stereocenters. The molecule has 0 fully saturated rings. The maximum Gasteiger partial charge on any atom is 0.124 e. The summed E-state index contributed by atoms with van der Waals surface area (Å²) >= 11 is 5.02. The minimum absolute atomic E-state index is 0.310. The Kier molecular flexibility index (Phi) is 4.37. The van der Waals surface area contributed by atoms with E-state index in [1.54, 1.807) is 38.7 Å². The van der Waals surface area contributed by atoms with Gasteiger partial charge in [0.15, 0.2) is 0 Å². The molecule has 2 aromatic rings. The highest BCUT2D eigenvalue weighted by Gasteiger charge is 2.07. The lowest BCUT2D eigenvalue weighted by Gasteiger charge is -2.13. The fourth-order valence-electron chi connectivity index (χ4n) is 1.74. The molecule has 0 aliphatic carbocycles. The molecule has 0 saturated carbocycles. The van der Waals surface area contributed by atoms with Gasteiger partial charge < -0.3 is 20.5 Å². The van der Waals surface area contributed by atoms with Crippen LogP contribution in [0.25, 0.3) is 0 Å². The predicted molar refractivity (Wildman–Crippen MR) is 83.0 cm³/mol. The maximum absolute atomic E-state index is 5.69. The molecule has 5 nitrogen and oxygen atoms in total. The molecule has 0 spiro atoms. The first-order valence-corrected chi connectivity index (χ1v) is 6.28. The van der Waals surface area contributed by atoms with Crippen LogP contribution in [0.5, 0.6) is 11.5 Å². The Morgan fingerprint density at radius 1 is 1.20 bits per heavy atom. The minimum Gasteiger partial charge on any atom is -0.497 e. The second kappa shape index (κ2) is 6.21. The van der Waals surface area contributed by atoms with E-state index in [1.807, 2.05) is 12.1 Å². The first kappa shape index (κ1) is 14.1. The summed E-state index contributed by atoms with van der Waals surface area (Å²) in [5, 5.41) is 3.21. The molecule has 0 saturated heterocycles. The van der Waals surface area contributed by atoms with E-state index in [2.05, 4.69) is 10.3 Å². The first-order valence-electron chi connectivity index (χ1n) is 5.88. The zero-order chi connectivity index (χ0) is 14.5. The number of benzene rings is 1. The molecule has 1 aromatic carbocycles. The van der Waals surface area contributed by atoms with Crippen LogP contribution in [0.1, 0.15) is 5.56 Å². The van der Waals surface area contributed by atoms with Gasteiger partial charge in [-0.3, -0.25) is 4.98 Å². The van der Waals surface area contributed by atoms with E-state index >= 15 is 0 Å². The van der Waals surface area contributed by atoms with Crippen LogP contribution in [0, 0.1) is 0 Å². The number of ether oxygens (including phenoxy) is 2. The van der Waals surface area contributed by atoms with Crippen molar-refractivity contribution in [3.63, 3.8) is 0 Å². The van der Waals surface area contributed by atoms with Gasteiger partial charge in [0.25, 0.3) is 0 Å². The molecular formula is C14H15N3O2S. The number of nitrogens with two attached hydrogens (primary N) is 1. The Balaban J connectivity index is 2.37. The molecule has 0 radical (unpaired) electrons. The van der Waals surface area contributed by atoms with E-state index < -0.39 is 0 Å². The fourth-order valence-corrected chi connectivity index (χ4v) is 1.92. The topological polar surface area (TPSA) is 69.4 Å². The van der Waals surface area contributed by atoms with E-state index in [-0.39, 0.29) is 0 Å². The standard InChI is InChI=1S/C14H15N3O2S/c1-18-10-5-9(6-11(7-10)19-2)17-13-8-16-4-3-12(13)14(15)20/h3-8,17H,1-2H3,(H2,15,20). The monoisotopic (exact) mass is 289 g/mol. The van der Waals surface area contributed by atoms with Gasteiger partial charge in [-0.2, -0.15) is 0 Å². The number of hydrogen-bond acceptors (Lipinski definition) is 5. The van der Waals surface area contributed by atoms with Crippen LogP contribution in [0.15, 0.2) is 36.7 Å². The van der Waals surface area contributed by atoms with Gasteiger partial charge in [0, 0.05) is 35.6 Å². The van der Waals surface area contributed by atoms with Gasteiger partial charge in [0.2, 0.25) is 0 Å². The summed E-state index contributed by atoms with van der Waals surface area (Å²) < 4.78 is 10.5. The number of methoxy groups -OCH3 is 2. The molecule has 0 amide bonds. The van der Waals surface area contributed by atoms with Crippen LogP contribution in [0.2, 0.25) is 0 Å². The zero-order valence-electron chi connectivity index (χ0n) is 11.2. The summed E-state index contributed by atoms with van der Waals surface area (Å²) in [6.07, 6.45) is 3.31. The molecule has 2 rings (SSSR count). The smallest absolute Gasteiger partial charge is 0.124 e. The molecule has 20 heavy (non-hydrogen) atoms. The lowest BCUT2D eigenvalue weighted by Crippen LogP contribution is -2.12. The summed E-state index contributed by atoms with van der Waals surface area (Å²) in [5.41, 5.74) is 7.96. The summed E-state index contributed by atoms with van der Waals surface area (Å²) in [6, 6.07) is 7.25. The van der Waals surface area contributed by atoms with Crippen LogP contribution >= 0.6 is 12.2 Å². The number of anilines is 2. The van der Waals surface area contributed by atoms with Gasteiger partial charge in [0.05, 0.1) is 26.1 Å². The Hall–Kier alpha value is -2.34. The van der Waals surface area contributed by atoms with Crippen molar-refractivity contribution >= 4 is 28.6 Å². The van der Waals surface area contributed by atoms with Crippen molar-refractivity contribution in [2.75, 3.05) is 19.5 Å². The molecule has 6 heteroatoms. The van der Waals surface area contributed by atoms with Crippen molar-refractivity contribution in [3.05, 3.63) is 42.2 Å². The Bertz CT molecular complexity index is 609. The second-order valence-corrected chi connectivity index (χ2v) is 4.45. The van der Waals surface area contributed by atoms with E-state index in [0.29, 0.717) is 16.5 Å². The minimum atomic E-state index is 0.310. The molecule has 104 valence electrons. The first-order chi connectivity index (χ1) is 9.63. The van der Waals surface area contributed by atoms with Crippen molar-refractivity contribution in [3.8, 4) is 11.5 Å². The molecular weight excluding hydrogens is 274 g/mol. The zero-order valence-corrected chi connectivity index (χ0v) is 12.0. The third-order valence-electron chi connectivity index (χ3n) is 2.72. The van der Waals surface area contributed by atoms with Gasteiger partial charge in [-0.1, -0.05) is 12.2 Å². The van der Waals surface area contributed by atoms with Gasteiger partial charge >= 0.3 is 0 Å². The molecule has 3 N–H and O–H groups in total. The van der Waals surface area contributed by atoms with Gasteiger partial charge in [-0.15, -0.1) is 0 Å². The molecule has 0 bridgehead atoms. The average Bonchev–Trinajstić information content (AvgIpc) is 2.47. The lowest BCUT2D eigenvalue weighted by molar-refractivity contribution is 0.395. The average molecular weight is 289 g/mol. The van der Waals surface area contributed by atoms with Crippen molar-refractivity contribution in [2.24, 2.45) is 5.73 Å². The summed E-state index contributed by atoms with van der Waals surface area (Å²) in [7, 11) is 3.20. The maximum atomic E-state index is 5.69. The van der Waals surface area contributed by atoms with Gasteiger partial charge in [-0.25, -0.2) is 0 Å². The number of hydrogen-bond donors (Lipinski definition) is 2. The highest BCUT2D eigenvalue weighted by molar-refractivity contribution is 7.80. The van der Waals surface area contributed by atoms with Gasteiger partial charge in [0.1, 0.15) is 16.5 Å². The van der Waals surface area contributed by atoms with Crippen LogP contribution in [0.4, 0.5) is 11.4 Å². The van der Waals surface area contributed by atoms with Crippen LogP contribution < -0.4 is 20.5 Å². The van der Waals surface area contributed by atoms with Crippen LogP contribution in [0.3, 0.4) is 0 Å². The fraction of sp³-hybridized carbons (Fsp3) is 0.143. The summed E-state index contributed by atoms with van der Waals surface area (Å²) in [5.74, 6) is 1.38. The number of aromatic nitrogens is 1. The Labute approximate surface area is 122 Å². The van der Waals surface area contributed by atoms with Crippen molar-refractivity contribution in [1.82, 2.24) is 4.98 Å². The number of rotatable bonds is 5. The third-order valence-corrected chi connectivity index (χ3v) is 2.94. The Morgan fingerprint density at radius 3 is 2.40 bits per heavy atom. The van der Waals surface area contributed by atoms with E-state index in [0.717, 1.165) is 16.9 Å². The highest BCUT2D eigenvalue weighted by atomic mass is 32.1. The number of thiocarbonyl (C=S) groups is 1. The van der Waals surface area contributed by atoms with Gasteiger partial charge in [-0.05, 0) is 6.07 Å². The SMILES string of the molecule is COc1cc(Nc2cnccc2C(N)=S)cc(OC)c1. The number of pyridine rings is 1. The summed E-state index contributed by atoms with van der Waals surface area (Å²) in [4.78, 5) is 4.38. The number of nitrogens with zero attached hydrogens (tertiary/aromatic N) is 1. The molecule has 0 aliphatic rings. The van der Waals surface area contributed by atoms with E-state index in [1.165, 1.54) is 0 Å². The third kappa shape index (κ3) is 3.16. The highest BCUT2D eigenvalue weighted by Crippen LogP contribution is 2.28. The molecule has 0 aliphatic heterocycles. The van der Waals surface area contributed by atoms with Crippen molar-refractivity contribution in [2.45, 2.75) is 0 Å². The van der Waals surface area contributed by atoms with E-state index in [9.17, 15) is 0 Å². The summed E-state index contributed by atoms with van der Waals surface area (Å²) in [6.45, 7) is 0. The van der Waals surface area contributed by atoms with E-state index in [4.69, 9.17) is 27.4 Å². The Morgan fingerprint density at radius 2 is 1.85 bits per heavy atom. The predicted octanol–water partition coefficient (Wildman–Crippen LogP) is 2.48. The van der Waals surface area contributed by atoms with Crippen LogP contribution in [-0.4, -0.2) is 24.2 Å². The van der Waals surface area contributed by atoms with Crippen LogP contribution in [-0.2, 0) is 0 Å². The molecule has 1 heterocycles. The largest absolute Gasteiger partial charge is 0.497 e. The molecule has 0 unspecified atom stereocenters. The number of nitrogens with one attached hydrogen (secondary N) is 1. The van der Waals surface area contributed by atoms with Crippen molar-refractivity contribution < 1.29 is 9.47 Å². The quantitative estimate of drug-likeness (QED) is 0.824. The normalized spacial score (nSPS) is 9.90. The van der Waals surface area contributed by atoms with Crippen molar-refractivity contribution in [1.29, 1.82) is 0 Å². The lowest BCUT2D eigenvalue weighted by atomic mass is 10.2. The molecule has 1 aromatic heterocycles.